The van der Waals surface area contributed by atoms with Crippen LogP contribution in [0.4, 0.5) is 5.69 Å². The number of hydrogen-bond donors (Lipinski definition) is 1. The van der Waals surface area contributed by atoms with Crippen LogP contribution in [0.25, 0.3) is 16.8 Å². The summed E-state index contributed by atoms with van der Waals surface area (Å²) in [6.07, 6.45) is 2.20. The number of nitrogens with zero attached hydrogens (tertiary/aromatic N) is 3. The maximum Gasteiger partial charge on any atom is 0.280 e. The van der Waals surface area contributed by atoms with E-state index in [-0.39, 0.29) is 5.69 Å². The molecule has 1 amide bonds. The molecule has 0 radical (unpaired) electrons. The molecule has 2 aromatic heterocycles. The molecule has 29 heavy (non-hydrogen) atoms. The zero-order valence-electron chi connectivity index (χ0n) is 15.8. The predicted octanol–water partition coefficient (Wildman–Crippen LogP) is 3.81. The molecule has 1 aliphatic carbocycles. The molecule has 1 N–H and O–H groups in total. The van der Waals surface area contributed by atoms with Crippen molar-refractivity contribution in [1.82, 2.24) is 14.8 Å². The molecule has 4 aromatic rings. The van der Waals surface area contributed by atoms with Crippen molar-refractivity contribution in [3.8, 4) is 5.69 Å². The van der Waals surface area contributed by atoms with Crippen molar-refractivity contribution in [1.29, 1.82) is 0 Å². The van der Waals surface area contributed by atoms with Gasteiger partial charge in [-0.1, -0.05) is 18.2 Å². The lowest BCUT2D eigenvalue weighted by molar-refractivity contribution is 0.101. The average molecular weight is 386 g/mol. The first-order valence-corrected chi connectivity index (χ1v) is 9.47. The lowest BCUT2D eigenvalue weighted by atomic mass is 10.2. The van der Waals surface area contributed by atoms with Crippen molar-refractivity contribution < 1.29 is 9.21 Å². The summed E-state index contributed by atoms with van der Waals surface area (Å²) in [4.78, 5) is 29.6. The highest BCUT2D eigenvalue weighted by Crippen LogP contribution is 2.40. The van der Waals surface area contributed by atoms with Gasteiger partial charge in [-0.15, -0.1) is 0 Å². The topological polar surface area (TPSA) is 90.0 Å². The Morgan fingerprint density at radius 1 is 1.14 bits per heavy atom. The van der Waals surface area contributed by atoms with Gasteiger partial charge in [0, 0.05) is 23.4 Å². The highest BCUT2D eigenvalue weighted by atomic mass is 16.3. The van der Waals surface area contributed by atoms with Gasteiger partial charge in [-0.25, -0.2) is 9.67 Å². The van der Waals surface area contributed by atoms with Crippen LogP contribution in [0.15, 0.2) is 63.8 Å². The molecule has 0 saturated heterocycles. The first-order chi connectivity index (χ1) is 14.1. The van der Waals surface area contributed by atoms with Crippen LogP contribution in [0.2, 0.25) is 0 Å². The third-order valence-corrected chi connectivity index (χ3v) is 4.91. The maximum atomic E-state index is 12.8. The lowest BCUT2D eigenvalue weighted by Gasteiger charge is -2.11. The molecule has 0 bridgehead atoms. The highest BCUT2D eigenvalue weighted by molar-refractivity contribution is 6.03. The largest absolute Gasteiger partial charge is 0.440 e. The minimum Gasteiger partial charge on any atom is -0.440 e. The Balaban J connectivity index is 1.46. The van der Waals surface area contributed by atoms with Gasteiger partial charge in [0.05, 0.1) is 5.69 Å². The second kappa shape index (κ2) is 6.70. The van der Waals surface area contributed by atoms with Crippen molar-refractivity contribution in [2.24, 2.45) is 0 Å². The molecule has 1 fully saturated rings. The summed E-state index contributed by atoms with van der Waals surface area (Å²) in [5.41, 5.74) is 2.73. The number of fused-ring (bicyclic) bond motifs is 1. The normalized spacial score (nSPS) is 13.6. The lowest BCUT2D eigenvalue weighted by Crippen LogP contribution is -2.26. The van der Waals surface area contributed by atoms with Crippen molar-refractivity contribution in [3.63, 3.8) is 0 Å². The van der Waals surface area contributed by atoms with Gasteiger partial charge < -0.3 is 9.73 Å². The summed E-state index contributed by atoms with van der Waals surface area (Å²) in [6.45, 7) is 1.78. The zero-order chi connectivity index (χ0) is 20.0. The van der Waals surface area contributed by atoms with Crippen LogP contribution in [-0.2, 0) is 0 Å². The number of anilines is 1. The molecule has 7 nitrogen and oxygen atoms in total. The third kappa shape index (κ3) is 3.31. The smallest absolute Gasteiger partial charge is 0.280 e. The Labute approximate surface area is 166 Å². The summed E-state index contributed by atoms with van der Waals surface area (Å²) in [5.74, 6) is 0.591. The van der Waals surface area contributed by atoms with Crippen molar-refractivity contribution in [3.05, 3.63) is 82.1 Å². The standard InChI is InChI=1S/C22H18N4O3/c1-13-11-18(27)20(25-26(13)16-5-3-2-4-6-16)21(28)23-15-9-10-19-17(12-15)24-22(29-19)14-7-8-14/h2-6,9-12,14H,7-8H2,1H3,(H,23,28). The molecular weight excluding hydrogens is 368 g/mol. The fourth-order valence-electron chi connectivity index (χ4n) is 3.25. The quantitative estimate of drug-likeness (QED) is 0.576. The number of aromatic nitrogens is 3. The number of carbonyl (C=O) groups excluding carboxylic acids is 1. The number of oxazole rings is 1. The Morgan fingerprint density at radius 3 is 2.69 bits per heavy atom. The number of carbonyl (C=O) groups is 1. The van der Waals surface area contributed by atoms with E-state index in [2.05, 4.69) is 15.4 Å². The van der Waals surface area contributed by atoms with E-state index in [9.17, 15) is 9.59 Å². The number of nitrogens with one attached hydrogen (secondary N) is 1. The minimum absolute atomic E-state index is 0.168. The molecule has 0 aliphatic heterocycles. The van der Waals surface area contributed by atoms with Crippen molar-refractivity contribution in [2.45, 2.75) is 25.7 Å². The van der Waals surface area contributed by atoms with Gasteiger partial charge in [-0.2, -0.15) is 5.10 Å². The summed E-state index contributed by atoms with van der Waals surface area (Å²) < 4.78 is 7.33. The van der Waals surface area contributed by atoms with Gasteiger partial charge >= 0.3 is 0 Å². The molecule has 1 saturated carbocycles. The molecule has 7 heteroatoms. The van der Waals surface area contributed by atoms with Crippen LogP contribution >= 0.6 is 0 Å². The zero-order valence-corrected chi connectivity index (χ0v) is 15.8. The van der Waals surface area contributed by atoms with E-state index < -0.39 is 11.3 Å². The van der Waals surface area contributed by atoms with Gasteiger partial charge in [0.15, 0.2) is 17.2 Å². The van der Waals surface area contributed by atoms with E-state index in [1.165, 1.54) is 6.07 Å². The fraction of sp³-hybridized carbons (Fsp3) is 0.182. The number of benzene rings is 2. The second-order valence-electron chi connectivity index (χ2n) is 7.21. The molecular formula is C22H18N4O3. The van der Waals surface area contributed by atoms with Gasteiger partial charge in [-0.05, 0) is 50.1 Å². The van der Waals surface area contributed by atoms with Crippen LogP contribution in [0.5, 0.6) is 0 Å². The molecule has 2 heterocycles. The summed E-state index contributed by atoms with van der Waals surface area (Å²) in [7, 11) is 0. The first kappa shape index (κ1) is 17.4. The van der Waals surface area contributed by atoms with E-state index in [0.29, 0.717) is 28.4 Å². The van der Waals surface area contributed by atoms with Crippen LogP contribution in [0.3, 0.4) is 0 Å². The van der Waals surface area contributed by atoms with Crippen LogP contribution < -0.4 is 10.7 Å². The maximum absolute atomic E-state index is 12.8. The summed E-state index contributed by atoms with van der Waals surface area (Å²) in [6, 6.07) is 16.0. The average Bonchev–Trinajstić information content (AvgIpc) is 3.48. The summed E-state index contributed by atoms with van der Waals surface area (Å²) >= 11 is 0. The number of amides is 1. The van der Waals surface area contributed by atoms with Gasteiger partial charge in [0.25, 0.3) is 5.91 Å². The van der Waals surface area contributed by atoms with E-state index in [0.717, 1.165) is 24.4 Å². The van der Waals surface area contributed by atoms with Gasteiger partial charge in [0.2, 0.25) is 5.43 Å². The SMILES string of the molecule is Cc1cc(=O)c(C(=O)Nc2ccc3oc(C4CC4)nc3c2)nn1-c1ccccc1. The molecule has 5 rings (SSSR count). The number of hydrogen-bond acceptors (Lipinski definition) is 5. The number of rotatable bonds is 4. The molecule has 144 valence electrons. The number of para-hydroxylation sites is 1. The van der Waals surface area contributed by atoms with E-state index in [1.807, 2.05) is 30.3 Å². The fourth-order valence-corrected chi connectivity index (χ4v) is 3.25. The minimum atomic E-state index is -0.565. The first-order valence-electron chi connectivity index (χ1n) is 9.47. The van der Waals surface area contributed by atoms with E-state index in [1.54, 1.807) is 29.8 Å². The Morgan fingerprint density at radius 2 is 1.93 bits per heavy atom. The Kier molecular flexibility index (Phi) is 4.01. The van der Waals surface area contributed by atoms with Crippen molar-refractivity contribution in [2.75, 3.05) is 5.32 Å². The van der Waals surface area contributed by atoms with E-state index >= 15 is 0 Å². The highest BCUT2D eigenvalue weighted by Gasteiger charge is 2.29. The molecule has 2 aromatic carbocycles. The van der Waals surface area contributed by atoms with Crippen LogP contribution in [-0.4, -0.2) is 20.7 Å². The molecule has 0 atom stereocenters. The van der Waals surface area contributed by atoms with Crippen molar-refractivity contribution >= 4 is 22.7 Å². The van der Waals surface area contributed by atoms with Gasteiger partial charge in [0.1, 0.15) is 5.52 Å². The molecule has 0 unspecified atom stereocenters. The summed E-state index contributed by atoms with van der Waals surface area (Å²) in [5, 5.41) is 7.04. The predicted molar refractivity (Wildman–Crippen MR) is 109 cm³/mol. The van der Waals surface area contributed by atoms with E-state index in [4.69, 9.17) is 4.42 Å². The third-order valence-electron chi connectivity index (χ3n) is 4.91. The second-order valence-corrected chi connectivity index (χ2v) is 7.21. The molecule has 0 spiro atoms. The molecule has 1 aliphatic rings. The van der Waals surface area contributed by atoms with Crippen LogP contribution in [0.1, 0.15) is 40.8 Å². The number of aryl methyl sites for hydroxylation is 1. The monoisotopic (exact) mass is 386 g/mol. The van der Waals surface area contributed by atoms with Crippen LogP contribution in [0, 0.1) is 6.92 Å². The Bertz CT molecular complexity index is 1290. The Hall–Kier alpha value is -3.74. The van der Waals surface area contributed by atoms with Gasteiger partial charge in [-0.3, -0.25) is 9.59 Å².